The number of aliphatic carboxylic acids is 1. The number of nitrogens with zero attached hydrogens (tertiary/aromatic N) is 1. The molecule has 0 amide bonds. The third kappa shape index (κ3) is 4.59. The Hall–Kier alpha value is -0.920. The Morgan fingerprint density at radius 3 is 2.63 bits per heavy atom. The van der Waals surface area contributed by atoms with Crippen LogP contribution in [0, 0.1) is 0 Å². The number of likely N-dealkylation sites (N-methyl/N-ethyl adjacent to an activating group) is 1. The fraction of sp³-hybridized carbons (Fsp3) is 0.417. The van der Waals surface area contributed by atoms with Crippen LogP contribution >= 0.6 is 15.9 Å². The zero-order chi connectivity index (χ0) is 14.6. The lowest BCUT2D eigenvalue weighted by atomic mass is 10.3. The molecule has 0 saturated carbocycles. The molecule has 0 aliphatic heterocycles. The minimum absolute atomic E-state index is 0.114. The first-order valence-electron chi connectivity index (χ1n) is 5.65. The summed E-state index contributed by atoms with van der Waals surface area (Å²) in [7, 11) is -1.81. The van der Waals surface area contributed by atoms with Crippen molar-refractivity contribution in [1.29, 1.82) is 0 Å². The van der Waals surface area contributed by atoms with Gasteiger partial charge in [-0.05, 0) is 32.2 Å². The molecule has 0 spiro atoms. The molecule has 0 radical (unpaired) electrons. The van der Waals surface area contributed by atoms with Crippen molar-refractivity contribution in [1.82, 2.24) is 4.90 Å². The number of halogens is 1. The van der Waals surface area contributed by atoms with E-state index < -0.39 is 21.8 Å². The molecule has 1 unspecified atom stereocenters. The lowest BCUT2D eigenvalue weighted by Gasteiger charge is -2.20. The van der Waals surface area contributed by atoms with Gasteiger partial charge in [0.2, 0.25) is 0 Å². The summed E-state index contributed by atoms with van der Waals surface area (Å²) < 4.78 is 24.9. The molecule has 1 aromatic rings. The Bertz CT molecular complexity index is 559. The van der Waals surface area contributed by atoms with Gasteiger partial charge in [-0.15, -0.1) is 0 Å². The fourth-order valence-electron chi connectivity index (χ4n) is 1.42. The van der Waals surface area contributed by atoms with E-state index in [1.54, 1.807) is 19.2 Å². The molecule has 106 valence electrons. The second-order valence-electron chi connectivity index (χ2n) is 4.27. The number of hydrogen-bond donors (Lipinski definition) is 1. The van der Waals surface area contributed by atoms with E-state index in [1.165, 1.54) is 24.0 Å². The van der Waals surface area contributed by atoms with Crippen LogP contribution in [0.25, 0.3) is 0 Å². The van der Waals surface area contributed by atoms with Crippen molar-refractivity contribution in [3.8, 4) is 0 Å². The van der Waals surface area contributed by atoms with Gasteiger partial charge in [0.15, 0.2) is 9.84 Å². The standard InChI is InChI=1S/C12H16BrNO4S/c1-9(12(15)16)14(2)6-7-19(17,18)11-5-3-4-10(13)8-11/h3-5,8-9H,6-7H2,1-2H3,(H,15,16). The highest BCUT2D eigenvalue weighted by molar-refractivity contribution is 9.10. The van der Waals surface area contributed by atoms with Gasteiger partial charge in [0.1, 0.15) is 6.04 Å². The molecule has 19 heavy (non-hydrogen) atoms. The van der Waals surface area contributed by atoms with Gasteiger partial charge in [-0.1, -0.05) is 22.0 Å². The molecule has 0 aliphatic rings. The number of benzene rings is 1. The van der Waals surface area contributed by atoms with E-state index in [9.17, 15) is 13.2 Å². The van der Waals surface area contributed by atoms with Crippen LogP contribution in [-0.2, 0) is 14.6 Å². The summed E-state index contributed by atoms with van der Waals surface area (Å²) >= 11 is 3.22. The van der Waals surface area contributed by atoms with Crippen molar-refractivity contribution >= 4 is 31.7 Å². The highest BCUT2D eigenvalue weighted by atomic mass is 79.9. The molecular weight excluding hydrogens is 334 g/mol. The van der Waals surface area contributed by atoms with E-state index in [1.807, 2.05) is 0 Å². The van der Waals surface area contributed by atoms with Crippen LogP contribution < -0.4 is 0 Å². The summed E-state index contributed by atoms with van der Waals surface area (Å²) in [4.78, 5) is 12.5. The Balaban J connectivity index is 2.74. The number of carboxylic acid groups (broad SMARTS) is 1. The first kappa shape index (κ1) is 16.1. The zero-order valence-corrected chi connectivity index (χ0v) is 13.1. The SMILES string of the molecule is CC(C(=O)O)N(C)CCS(=O)(=O)c1cccc(Br)c1. The van der Waals surface area contributed by atoms with E-state index in [0.717, 1.165) is 0 Å². The molecule has 1 N–H and O–H groups in total. The quantitative estimate of drug-likeness (QED) is 0.844. The van der Waals surface area contributed by atoms with Gasteiger partial charge in [-0.2, -0.15) is 0 Å². The molecule has 0 bridgehead atoms. The van der Waals surface area contributed by atoms with Crippen LogP contribution in [-0.4, -0.2) is 49.8 Å². The molecule has 0 saturated heterocycles. The number of carbonyl (C=O) groups is 1. The number of hydrogen-bond acceptors (Lipinski definition) is 4. The van der Waals surface area contributed by atoms with Gasteiger partial charge >= 0.3 is 5.97 Å². The molecule has 7 heteroatoms. The summed E-state index contributed by atoms with van der Waals surface area (Å²) in [5.41, 5.74) is 0. The third-order valence-electron chi connectivity index (χ3n) is 2.89. The van der Waals surface area contributed by atoms with Crippen LogP contribution in [0.1, 0.15) is 6.92 Å². The summed E-state index contributed by atoms with van der Waals surface area (Å²) in [5, 5.41) is 8.84. The lowest BCUT2D eigenvalue weighted by Crippen LogP contribution is -2.38. The van der Waals surface area contributed by atoms with E-state index >= 15 is 0 Å². The minimum atomic E-state index is -3.40. The second-order valence-corrected chi connectivity index (χ2v) is 7.30. The summed E-state index contributed by atoms with van der Waals surface area (Å²) in [5.74, 6) is -1.08. The van der Waals surface area contributed by atoms with Crippen molar-refractivity contribution in [2.24, 2.45) is 0 Å². The van der Waals surface area contributed by atoms with Crippen LogP contribution in [0.2, 0.25) is 0 Å². The summed E-state index contributed by atoms with van der Waals surface area (Å²) in [6, 6.07) is 5.76. The van der Waals surface area contributed by atoms with Gasteiger partial charge in [0.25, 0.3) is 0 Å². The average Bonchev–Trinajstić information content (AvgIpc) is 2.35. The van der Waals surface area contributed by atoms with Crippen molar-refractivity contribution in [2.75, 3.05) is 19.3 Å². The van der Waals surface area contributed by atoms with Gasteiger partial charge in [0.05, 0.1) is 10.6 Å². The van der Waals surface area contributed by atoms with Crippen LogP contribution in [0.3, 0.4) is 0 Å². The second kappa shape index (κ2) is 6.49. The van der Waals surface area contributed by atoms with E-state index in [-0.39, 0.29) is 17.2 Å². The zero-order valence-electron chi connectivity index (χ0n) is 10.7. The smallest absolute Gasteiger partial charge is 0.320 e. The Labute approximate surface area is 121 Å². The molecule has 0 aromatic heterocycles. The number of carboxylic acids is 1. The predicted octanol–water partition coefficient (Wildman–Crippen LogP) is 1.63. The van der Waals surface area contributed by atoms with E-state index in [2.05, 4.69) is 15.9 Å². The van der Waals surface area contributed by atoms with E-state index in [4.69, 9.17) is 5.11 Å². The molecule has 0 heterocycles. The molecule has 0 fully saturated rings. The maximum absolute atomic E-state index is 12.1. The van der Waals surface area contributed by atoms with Gasteiger partial charge in [-0.3, -0.25) is 9.69 Å². The minimum Gasteiger partial charge on any atom is -0.480 e. The number of rotatable bonds is 6. The topological polar surface area (TPSA) is 74.7 Å². The summed E-state index contributed by atoms with van der Waals surface area (Å²) in [6.45, 7) is 1.69. The molecule has 5 nitrogen and oxygen atoms in total. The molecule has 1 aromatic carbocycles. The number of sulfone groups is 1. The highest BCUT2D eigenvalue weighted by Crippen LogP contribution is 2.17. The van der Waals surface area contributed by atoms with Gasteiger partial charge in [0, 0.05) is 11.0 Å². The average molecular weight is 350 g/mol. The molecular formula is C12H16BrNO4S. The third-order valence-corrected chi connectivity index (χ3v) is 5.07. The largest absolute Gasteiger partial charge is 0.480 e. The Kier molecular flexibility index (Phi) is 5.51. The Morgan fingerprint density at radius 1 is 1.47 bits per heavy atom. The Morgan fingerprint density at radius 2 is 2.11 bits per heavy atom. The maximum Gasteiger partial charge on any atom is 0.320 e. The summed E-state index contributed by atoms with van der Waals surface area (Å²) in [6.07, 6.45) is 0. The van der Waals surface area contributed by atoms with Gasteiger partial charge in [-0.25, -0.2) is 8.42 Å². The van der Waals surface area contributed by atoms with Crippen LogP contribution in [0.15, 0.2) is 33.6 Å². The fourth-order valence-corrected chi connectivity index (χ4v) is 3.33. The molecule has 1 rings (SSSR count). The van der Waals surface area contributed by atoms with Crippen LogP contribution in [0.4, 0.5) is 0 Å². The van der Waals surface area contributed by atoms with Crippen molar-refractivity contribution in [3.05, 3.63) is 28.7 Å². The first-order valence-corrected chi connectivity index (χ1v) is 8.10. The highest BCUT2D eigenvalue weighted by Gasteiger charge is 2.20. The molecule has 0 aliphatic carbocycles. The lowest BCUT2D eigenvalue weighted by molar-refractivity contribution is -0.142. The molecule has 1 atom stereocenters. The van der Waals surface area contributed by atoms with Crippen molar-refractivity contribution in [3.63, 3.8) is 0 Å². The normalized spacial score (nSPS) is 13.5. The van der Waals surface area contributed by atoms with Crippen molar-refractivity contribution in [2.45, 2.75) is 17.9 Å². The van der Waals surface area contributed by atoms with Gasteiger partial charge < -0.3 is 5.11 Å². The van der Waals surface area contributed by atoms with E-state index in [0.29, 0.717) is 4.47 Å². The first-order chi connectivity index (χ1) is 8.74. The maximum atomic E-state index is 12.1. The monoisotopic (exact) mass is 349 g/mol. The van der Waals surface area contributed by atoms with Crippen LogP contribution in [0.5, 0.6) is 0 Å². The predicted molar refractivity (Wildman–Crippen MR) is 75.9 cm³/mol. The van der Waals surface area contributed by atoms with Crippen molar-refractivity contribution < 1.29 is 18.3 Å².